The number of carbonyl (C=O) groups excluding carboxylic acids is 2. The molecule has 0 aliphatic carbocycles. The number of aromatic nitrogens is 2. The van der Waals surface area contributed by atoms with Gasteiger partial charge in [-0.2, -0.15) is 0 Å². The van der Waals surface area contributed by atoms with Crippen LogP contribution in [0, 0.1) is 5.92 Å². The first-order valence-electron chi connectivity index (χ1n) is 18.0. The smallest absolute Gasteiger partial charge is 0.272 e. The molecular weight excluding hydrogens is 691 g/mol. The second kappa shape index (κ2) is 14.2. The number of carbonyl (C=O) groups is 2. The number of fused-ring (bicyclic) bond motifs is 2. The van der Waals surface area contributed by atoms with Gasteiger partial charge in [0.2, 0.25) is 5.91 Å². The molecule has 3 aromatic carbocycles. The van der Waals surface area contributed by atoms with Crippen LogP contribution in [-0.4, -0.2) is 45.8 Å². The highest BCUT2D eigenvalue weighted by atomic mass is 35.5. The van der Waals surface area contributed by atoms with Gasteiger partial charge in [-0.05, 0) is 83.8 Å². The van der Waals surface area contributed by atoms with Crippen LogP contribution in [0.5, 0.6) is 0 Å². The number of pyridine rings is 1. The first kappa shape index (κ1) is 34.1. The molecule has 2 aromatic heterocycles. The van der Waals surface area contributed by atoms with E-state index in [1.165, 1.54) is 5.57 Å². The highest BCUT2D eigenvalue weighted by Crippen LogP contribution is 2.53. The van der Waals surface area contributed by atoms with Gasteiger partial charge in [0.25, 0.3) is 5.91 Å². The lowest BCUT2D eigenvalue weighted by Crippen LogP contribution is -2.45. The molecule has 0 bridgehead atoms. The van der Waals surface area contributed by atoms with Crippen LogP contribution in [0.2, 0.25) is 10.0 Å². The molecule has 0 saturated carbocycles. The van der Waals surface area contributed by atoms with Crippen LogP contribution >= 0.6 is 23.2 Å². The van der Waals surface area contributed by atoms with Crippen molar-refractivity contribution >= 4 is 68.7 Å². The molecule has 2 atom stereocenters. The average Bonchev–Trinajstić information content (AvgIpc) is 3.45. The summed E-state index contributed by atoms with van der Waals surface area (Å²) in [5.41, 5.74) is 8.06. The zero-order valence-electron chi connectivity index (χ0n) is 29.1. The molecule has 0 radical (unpaired) electrons. The number of nitrogens with one attached hydrogen (secondary N) is 3. The number of piperidine rings is 1. The van der Waals surface area contributed by atoms with Gasteiger partial charge in [0.15, 0.2) is 5.82 Å². The molecule has 3 aliphatic rings. The Morgan fingerprint density at radius 3 is 2.48 bits per heavy atom. The molecule has 10 heteroatoms. The Labute approximate surface area is 313 Å². The largest absolute Gasteiger partial charge is 0.355 e. The standard InChI is InChI=1S/C42H40Cl2N6O2/c1-3-34(51)46-30-17-21-49(22-18-30)41-32(12-7-19-45-41)48-42(52)38-37-36-31(23-29(44)24-33(36)47-38)39(27-13-15-28(43)16-14-27)50-20-8-9-25(2)35(40(37)50)26-10-5-4-6-11-26/h4-8,10-16,19-20,23-25,30,39,47H,3,9,17-18,21-22H2,1-2H3,(H,46,51)(H,48,52). The predicted molar refractivity (Wildman–Crippen MR) is 210 cm³/mol. The van der Waals surface area contributed by atoms with E-state index in [0.717, 1.165) is 58.1 Å². The van der Waals surface area contributed by atoms with Gasteiger partial charge in [0.1, 0.15) is 5.69 Å². The average molecular weight is 732 g/mol. The number of rotatable bonds is 7. The Hall–Kier alpha value is -5.05. The first-order valence-corrected chi connectivity index (χ1v) is 18.7. The summed E-state index contributed by atoms with van der Waals surface area (Å²) in [4.78, 5) is 39.5. The lowest BCUT2D eigenvalue weighted by molar-refractivity contribution is -0.121. The van der Waals surface area contributed by atoms with Crippen molar-refractivity contribution in [2.24, 2.45) is 5.92 Å². The number of anilines is 2. The Morgan fingerprint density at radius 2 is 1.73 bits per heavy atom. The number of benzene rings is 3. The third-order valence-corrected chi connectivity index (χ3v) is 10.9. The van der Waals surface area contributed by atoms with Crippen LogP contribution in [-0.2, 0) is 4.79 Å². The fraction of sp³-hybridized carbons (Fsp3) is 0.262. The SMILES string of the molecule is CCC(=O)NC1CCN(c2ncccc2NC(=O)c2[nH]c3cc(Cl)cc4c3c2C2=C(c3ccccc3)C(C)CC=CN2C4c2ccc(Cl)cc2)CC1. The van der Waals surface area contributed by atoms with Crippen LogP contribution in [0.1, 0.15) is 78.3 Å². The molecule has 1 saturated heterocycles. The summed E-state index contributed by atoms with van der Waals surface area (Å²) >= 11 is 13.2. The lowest BCUT2D eigenvalue weighted by atomic mass is 9.82. The summed E-state index contributed by atoms with van der Waals surface area (Å²) < 4.78 is 0. The van der Waals surface area contributed by atoms with E-state index in [2.05, 4.69) is 81.0 Å². The molecule has 1 fully saturated rings. The molecule has 8 nitrogen and oxygen atoms in total. The molecule has 3 aliphatic heterocycles. The highest BCUT2D eigenvalue weighted by molar-refractivity contribution is 6.32. The highest BCUT2D eigenvalue weighted by Gasteiger charge is 2.40. The molecule has 2 amide bonds. The van der Waals surface area contributed by atoms with Gasteiger partial charge >= 0.3 is 0 Å². The number of H-pyrrole nitrogens is 1. The van der Waals surface area contributed by atoms with E-state index >= 15 is 0 Å². The van der Waals surface area contributed by atoms with Crippen molar-refractivity contribution in [3.63, 3.8) is 0 Å². The van der Waals surface area contributed by atoms with Crippen molar-refractivity contribution in [2.45, 2.75) is 51.6 Å². The van der Waals surface area contributed by atoms with Crippen molar-refractivity contribution in [1.29, 1.82) is 0 Å². The summed E-state index contributed by atoms with van der Waals surface area (Å²) in [5, 5.41) is 8.59. The number of hydrogen-bond donors (Lipinski definition) is 3. The maximum Gasteiger partial charge on any atom is 0.272 e. The molecule has 3 N–H and O–H groups in total. The number of aromatic amines is 1. The number of halogens is 2. The van der Waals surface area contributed by atoms with Crippen LogP contribution in [0.15, 0.2) is 97.3 Å². The van der Waals surface area contributed by atoms with Gasteiger partial charge in [0.05, 0.1) is 17.4 Å². The van der Waals surface area contributed by atoms with Crippen molar-refractivity contribution < 1.29 is 9.59 Å². The number of amides is 2. The van der Waals surface area contributed by atoms with Gasteiger partial charge in [-0.3, -0.25) is 9.59 Å². The van der Waals surface area contributed by atoms with Gasteiger partial charge < -0.3 is 25.4 Å². The molecule has 52 heavy (non-hydrogen) atoms. The molecule has 0 spiro atoms. The van der Waals surface area contributed by atoms with Crippen LogP contribution < -0.4 is 15.5 Å². The van der Waals surface area contributed by atoms with Crippen molar-refractivity contribution in [3.8, 4) is 0 Å². The van der Waals surface area contributed by atoms with Gasteiger partial charge in [0, 0.05) is 64.5 Å². The minimum absolute atomic E-state index is 0.0677. The molecule has 5 aromatic rings. The Balaban J connectivity index is 1.27. The monoisotopic (exact) mass is 730 g/mol. The maximum atomic E-state index is 14.8. The molecule has 2 unspecified atom stereocenters. The van der Waals surface area contributed by atoms with E-state index in [4.69, 9.17) is 28.2 Å². The van der Waals surface area contributed by atoms with E-state index in [1.54, 1.807) is 6.20 Å². The topological polar surface area (TPSA) is 93.4 Å². The van der Waals surface area contributed by atoms with Gasteiger partial charge in [-0.1, -0.05) is 85.6 Å². The van der Waals surface area contributed by atoms with Crippen LogP contribution in [0.4, 0.5) is 11.5 Å². The van der Waals surface area contributed by atoms with Crippen molar-refractivity contribution in [2.75, 3.05) is 23.3 Å². The number of nitrogens with zero attached hydrogens (tertiary/aromatic N) is 3. The summed E-state index contributed by atoms with van der Waals surface area (Å²) in [6, 6.07) is 26.0. The third kappa shape index (κ3) is 6.24. The normalized spacial score (nSPS) is 18.7. The van der Waals surface area contributed by atoms with E-state index in [-0.39, 0.29) is 29.8 Å². The fourth-order valence-electron chi connectivity index (χ4n) is 8.04. The van der Waals surface area contributed by atoms with E-state index < -0.39 is 0 Å². The van der Waals surface area contributed by atoms with Crippen molar-refractivity contribution in [3.05, 3.63) is 135 Å². The number of hydrogen-bond acceptors (Lipinski definition) is 5. The van der Waals surface area contributed by atoms with Crippen molar-refractivity contribution in [1.82, 2.24) is 20.2 Å². The first-order chi connectivity index (χ1) is 25.3. The van der Waals surface area contributed by atoms with Gasteiger partial charge in [-0.15, -0.1) is 0 Å². The zero-order chi connectivity index (χ0) is 35.9. The molecule has 5 heterocycles. The van der Waals surface area contributed by atoms with E-state index in [9.17, 15) is 9.59 Å². The lowest BCUT2D eigenvalue weighted by Gasteiger charge is -2.39. The second-order valence-electron chi connectivity index (χ2n) is 13.8. The van der Waals surface area contributed by atoms with E-state index in [0.29, 0.717) is 46.8 Å². The third-order valence-electron chi connectivity index (χ3n) is 10.5. The second-order valence-corrected chi connectivity index (χ2v) is 14.7. The minimum Gasteiger partial charge on any atom is -0.355 e. The predicted octanol–water partition coefficient (Wildman–Crippen LogP) is 9.44. The fourth-order valence-corrected chi connectivity index (χ4v) is 8.40. The van der Waals surface area contributed by atoms with Crippen LogP contribution in [0.25, 0.3) is 22.2 Å². The zero-order valence-corrected chi connectivity index (χ0v) is 30.6. The summed E-state index contributed by atoms with van der Waals surface area (Å²) in [7, 11) is 0. The minimum atomic E-state index is -0.265. The Kier molecular flexibility index (Phi) is 9.28. The number of allylic oxidation sites excluding steroid dienone is 2. The summed E-state index contributed by atoms with van der Waals surface area (Å²) in [5.74, 6) is 0.676. The Morgan fingerprint density at radius 1 is 0.962 bits per heavy atom. The van der Waals surface area contributed by atoms with E-state index in [1.807, 2.05) is 49.4 Å². The molecule has 264 valence electrons. The Bertz CT molecular complexity index is 2220. The summed E-state index contributed by atoms with van der Waals surface area (Å²) in [6.45, 7) is 5.55. The maximum absolute atomic E-state index is 14.8. The molecular formula is C42H40Cl2N6O2. The van der Waals surface area contributed by atoms with Gasteiger partial charge in [-0.25, -0.2) is 4.98 Å². The molecule has 8 rings (SSSR count). The quantitative estimate of drug-likeness (QED) is 0.155. The van der Waals surface area contributed by atoms with Crippen LogP contribution in [0.3, 0.4) is 0 Å². The summed E-state index contributed by atoms with van der Waals surface area (Å²) in [6.07, 6.45) is 9.05.